The number of carbonyl (C=O) groups is 1. The van der Waals surface area contributed by atoms with E-state index >= 15 is 0 Å². The van der Waals surface area contributed by atoms with Crippen molar-refractivity contribution < 1.29 is 9.90 Å². The molecule has 0 saturated carbocycles. The molecule has 0 amide bonds. The van der Waals surface area contributed by atoms with Crippen LogP contribution in [0, 0.1) is 0 Å². The lowest BCUT2D eigenvalue weighted by Gasteiger charge is -2.21. The van der Waals surface area contributed by atoms with Crippen LogP contribution in [0.5, 0.6) is 0 Å². The molecule has 1 heterocycles. The first-order valence-corrected chi connectivity index (χ1v) is 5.36. The Hall–Kier alpha value is -1.45. The highest BCUT2D eigenvalue weighted by atomic mass is 16.3. The second kappa shape index (κ2) is 4.20. The highest BCUT2D eigenvalue weighted by molar-refractivity contribution is 6.04. The summed E-state index contributed by atoms with van der Waals surface area (Å²) in [7, 11) is 0. The third-order valence-corrected chi connectivity index (χ3v) is 3.02. The van der Waals surface area contributed by atoms with Crippen molar-refractivity contribution in [3.63, 3.8) is 0 Å². The maximum Gasteiger partial charge on any atom is 0.185 e. The van der Waals surface area contributed by atoms with E-state index in [0.717, 1.165) is 12.1 Å². The smallest absolute Gasteiger partial charge is 0.185 e. The van der Waals surface area contributed by atoms with Crippen LogP contribution in [0.2, 0.25) is 0 Å². The molecule has 2 N–H and O–H groups in total. The molecule has 1 aromatic carbocycles. The van der Waals surface area contributed by atoms with Gasteiger partial charge in [0.2, 0.25) is 0 Å². The van der Waals surface area contributed by atoms with E-state index in [9.17, 15) is 9.90 Å². The number of ketones is 1. The molecular weight excluding hydrogens is 202 g/mol. The van der Waals surface area contributed by atoms with Gasteiger partial charge in [-0.15, -0.1) is 0 Å². The summed E-state index contributed by atoms with van der Waals surface area (Å²) in [5.41, 5.74) is 0.682. The van der Waals surface area contributed by atoms with Gasteiger partial charge in [0.1, 0.15) is 5.60 Å². The fourth-order valence-corrected chi connectivity index (χ4v) is 1.99. The van der Waals surface area contributed by atoms with Crippen LogP contribution in [0.4, 0.5) is 0 Å². The maximum absolute atomic E-state index is 11.3. The topological polar surface area (TPSA) is 49.3 Å². The first-order chi connectivity index (χ1) is 7.65. The van der Waals surface area contributed by atoms with Gasteiger partial charge in [0, 0.05) is 12.1 Å². The molecular formula is C13H15NO2. The third-order valence-electron chi connectivity index (χ3n) is 3.02. The van der Waals surface area contributed by atoms with E-state index in [2.05, 4.69) is 11.9 Å². The molecule has 0 bridgehead atoms. The number of hydrogen-bond acceptors (Lipinski definition) is 3. The Morgan fingerprint density at radius 1 is 1.44 bits per heavy atom. The van der Waals surface area contributed by atoms with Gasteiger partial charge in [0.25, 0.3) is 0 Å². The van der Waals surface area contributed by atoms with Crippen molar-refractivity contribution in [2.24, 2.45) is 0 Å². The van der Waals surface area contributed by atoms with Crippen molar-refractivity contribution in [3.05, 3.63) is 48.0 Å². The normalized spacial score (nSPS) is 24.3. The molecule has 3 heteroatoms. The van der Waals surface area contributed by atoms with Crippen molar-refractivity contribution >= 4 is 5.78 Å². The van der Waals surface area contributed by atoms with Crippen LogP contribution in [0.25, 0.3) is 0 Å². The number of carbonyl (C=O) groups excluding carboxylic acids is 1. The highest BCUT2D eigenvalue weighted by Crippen LogP contribution is 2.27. The van der Waals surface area contributed by atoms with Gasteiger partial charge in [-0.25, -0.2) is 0 Å². The van der Waals surface area contributed by atoms with Crippen LogP contribution in [-0.2, 0) is 5.60 Å². The first-order valence-electron chi connectivity index (χ1n) is 5.36. The Morgan fingerprint density at radius 2 is 2.12 bits per heavy atom. The van der Waals surface area contributed by atoms with E-state index in [4.69, 9.17) is 0 Å². The highest BCUT2D eigenvalue weighted by Gasteiger charge is 2.32. The van der Waals surface area contributed by atoms with E-state index in [1.807, 2.05) is 12.1 Å². The molecule has 84 valence electrons. The average Bonchev–Trinajstić information content (AvgIpc) is 2.77. The van der Waals surface area contributed by atoms with Gasteiger partial charge in [-0.3, -0.25) is 4.79 Å². The molecule has 3 nitrogen and oxygen atoms in total. The number of hydrogen-bond donors (Lipinski definition) is 2. The average molecular weight is 217 g/mol. The van der Waals surface area contributed by atoms with E-state index in [0.29, 0.717) is 18.5 Å². The van der Waals surface area contributed by atoms with Crippen molar-refractivity contribution in [1.29, 1.82) is 0 Å². The van der Waals surface area contributed by atoms with Gasteiger partial charge >= 0.3 is 0 Å². The Kier molecular flexibility index (Phi) is 2.90. The lowest BCUT2D eigenvalue weighted by Crippen LogP contribution is -2.28. The summed E-state index contributed by atoms with van der Waals surface area (Å²) in [6.07, 6.45) is 2.00. The Balaban J connectivity index is 2.25. The minimum Gasteiger partial charge on any atom is -0.384 e. The van der Waals surface area contributed by atoms with E-state index < -0.39 is 5.60 Å². The quantitative estimate of drug-likeness (QED) is 0.591. The Morgan fingerprint density at radius 3 is 2.62 bits per heavy atom. The minimum absolute atomic E-state index is 0.0944. The number of allylic oxidation sites excluding steroid dienone is 1. The first kappa shape index (κ1) is 11.0. The summed E-state index contributed by atoms with van der Waals surface area (Å²) in [4.78, 5) is 11.3. The maximum atomic E-state index is 11.3. The largest absolute Gasteiger partial charge is 0.384 e. The molecule has 1 aromatic rings. The molecule has 0 aromatic heterocycles. The molecule has 1 unspecified atom stereocenters. The summed E-state index contributed by atoms with van der Waals surface area (Å²) < 4.78 is 0. The lowest BCUT2D eigenvalue weighted by atomic mass is 9.92. The second-order valence-corrected chi connectivity index (χ2v) is 4.10. The molecule has 1 aliphatic heterocycles. The van der Waals surface area contributed by atoms with Crippen LogP contribution >= 0.6 is 0 Å². The fourth-order valence-electron chi connectivity index (χ4n) is 1.99. The molecule has 16 heavy (non-hydrogen) atoms. The van der Waals surface area contributed by atoms with Gasteiger partial charge in [-0.1, -0.05) is 30.8 Å². The standard InChI is InChI=1S/C13H15NO2/c1-2-12(15)10-3-5-11(6-4-10)13(16)7-8-14-9-13/h2-6,14,16H,1,7-9H2. The van der Waals surface area contributed by atoms with Crippen LogP contribution < -0.4 is 5.32 Å². The Bertz CT molecular complexity index is 402. The summed E-state index contributed by atoms with van der Waals surface area (Å²) >= 11 is 0. The molecule has 1 fully saturated rings. The molecule has 2 rings (SSSR count). The predicted octanol–water partition coefficient (Wildman–Crippen LogP) is 1.24. The number of aliphatic hydroxyl groups is 1. The van der Waals surface area contributed by atoms with Crippen LogP contribution in [-0.4, -0.2) is 24.0 Å². The van der Waals surface area contributed by atoms with E-state index in [1.54, 1.807) is 12.1 Å². The number of β-amino-alcohol motifs (C(OH)–C–C–N with tert-alkyl or cyclic N) is 1. The summed E-state index contributed by atoms with van der Waals surface area (Å²) in [6, 6.07) is 7.08. The van der Waals surface area contributed by atoms with Crippen molar-refractivity contribution in [2.45, 2.75) is 12.0 Å². The summed E-state index contributed by atoms with van der Waals surface area (Å²) in [6.45, 7) is 4.84. The predicted molar refractivity (Wildman–Crippen MR) is 62.4 cm³/mol. The summed E-state index contributed by atoms with van der Waals surface area (Å²) in [5.74, 6) is -0.0944. The number of nitrogens with one attached hydrogen (secondary N) is 1. The lowest BCUT2D eigenvalue weighted by molar-refractivity contribution is 0.0587. The molecule has 1 atom stereocenters. The third kappa shape index (κ3) is 1.92. The second-order valence-electron chi connectivity index (χ2n) is 4.10. The van der Waals surface area contributed by atoms with Gasteiger partial charge in [0.05, 0.1) is 0 Å². The van der Waals surface area contributed by atoms with Crippen LogP contribution in [0.15, 0.2) is 36.9 Å². The minimum atomic E-state index is -0.782. The zero-order valence-corrected chi connectivity index (χ0v) is 9.07. The van der Waals surface area contributed by atoms with Gasteiger partial charge in [-0.05, 0) is 24.6 Å². The van der Waals surface area contributed by atoms with Gasteiger partial charge in [0.15, 0.2) is 5.78 Å². The van der Waals surface area contributed by atoms with Crippen LogP contribution in [0.1, 0.15) is 22.3 Å². The van der Waals surface area contributed by atoms with Gasteiger partial charge in [-0.2, -0.15) is 0 Å². The Labute approximate surface area is 94.8 Å². The van der Waals surface area contributed by atoms with Crippen LogP contribution in [0.3, 0.4) is 0 Å². The van der Waals surface area contributed by atoms with Crippen molar-refractivity contribution in [1.82, 2.24) is 5.32 Å². The molecule has 0 radical (unpaired) electrons. The summed E-state index contributed by atoms with van der Waals surface area (Å²) in [5, 5.41) is 13.4. The molecule has 1 aliphatic rings. The molecule has 1 saturated heterocycles. The number of rotatable bonds is 3. The van der Waals surface area contributed by atoms with E-state index in [1.165, 1.54) is 6.08 Å². The van der Waals surface area contributed by atoms with Crippen molar-refractivity contribution in [3.8, 4) is 0 Å². The van der Waals surface area contributed by atoms with E-state index in [-0.39, 0.29) is 5.78 Å². The van der Waals surface area contributed by atoms with Crippen molar-refractivity contribution in [2.75, 3.05) is 13.1 Å². The molecule has 0 aliphatic carbocycles. The zero-order chi connectivity index (χ0) is 11.6. The monoisotopic (exact) mass is 217 g/mol. The van der Waals surface area contributed by atoms with Gasteiger partial charge < -0.3 is 10.4 Å². The zero-order valence-electron chi connectivity index (χ0n) is 9.07. The fraction of sp³-hybridized carbons (Fsp3) is 0.308. The molecule has 0 spiro atoms. The SMILES string of the molecule is C=CC(=O)c1ccc(C2(O)CCNC2)cc1. The number of benzene rings is 1.